The third-order valence-electron chi connectivity index (χ3n) is 4.59. The van der Waals surface area contributed by atoms with Gasteiger partial charge in [0.05, 0.1) is 12.7 Å². The molecule has 2 aromatic rings. The summed E-state index contributed by atoms with van der Waals surface area (Å²) >= 11 is 0. The molecule has 0 radical (unpaired) electrons. The van der Waals surface area contributed by atoms with E-state index in [-0.39, 0.29) is 40.8 Å². The number of rotatable bonds is 4. The number of ether oxygens (including phenoxy) is 1. The van der Waals surface area contributed by atoms with Crippen molar-refractivity contribution >= 4 is 5.82 Å². The highest BCUT2D eigenvalue weighted by Crippen LogP contribution is 2.30. The average molecular weight is 352 g/mol. The highest BCUT2D eigenvalue weighted by Gasteiger charge is 2.20. The van der Waals surface area contributed by atoms with E-state index >= 15 is 0 Å². The number of aromatic nitrogens is 1. The predicted octanol–water partition coefficient (Wildman–Crippen LogP) is 2.97. The number of benzene rings is 1. The highest BCUT2D eigenvalue weighted by atomic mass is 19.1. The van der Waals surface area contributed by atoms with Gasteiger partial charge in [-0.05, 0) is 24.5 Å². The van der Waals surface area contributed by atoms with E-state index in [1.807, 2.05) is 6.07 Å². The maximum atomic E-state index is 14.5. The summed E-state index contributed by atoms with van der Waals surface area (Å²) in [5.74, 6) is -0.673. The van der Waals surface area contributed by atoms with Gasteiger partial charge < -0.3 is 15.5 Å². The molecule has 1 heterocycles. The Morgan fingerprint density at radius 1 is 1.23 bits per heavy atom. The van der Waals surface area contributed by atoms with E-state index in [1.54, 1.807) is 18.2 Å². The molecule has 0 bridgehead atoms. The lowest BCUT2D eigenvalue weighted by molar-refractivity contribution is 0.0441. The van der Waals surface area contributed by atoms with Crippen molar-refractivity contribution in [1.29, 1.82) is 10.5 Å². The van der Waals surface area contributed by atoms with Crippen LogP contribution in [0.4, 0.5) is 10.2 Å². The van der Waals surface area contributed by atoms with E-state index in [0.717, 1.165) is 25.7 Å². The minimum absolute atomic E-state index is 0.0402. The van der Waals surface area contributed by atoms with Crippen LogP contribution in [-0.2, 0) is 11.3 Å². The molecule has 0 amide bonds. The van der Waals surface area contributed by atoms with Crippen molar-refractivity contribution in [3.05, 3.63) is 51.1 Å². The van der Waals surface area contributed by atoms with Crippen LogP contribution in [-0.4, -0.2) is 11.1 Å². The predicted molar refractivity (Wildman–Crippen MR) is 93.3 cm³/mol. The molecule has 0 aliphatic heterocycles. The molecule has 132 valence electrons. The van der Waals surface area contributed by atoms with E-state index in [0.29, 0.717) is 5.56 Å². The number of pyridine rings is 1. The van der Waals surface area contributed by atoms with Gasteiger partial charge in [-0.2, -0.15) is 10.5 Å². The minimum atomic E-state index is -0.715. The maximum absolute atomic E-state index is 14.5. The number of nitrogens with two attached hydrogens (primary N) is 1. The zero-order chi connectivity index (χ0) is 18.7. The molecule has 0 unspecified atom stereocenters. The SMILES string of the molecule is N#Cc1c(N)[nH]c(=O)c(C#N)c1-c1ccc(COC2CCCC2)c(F)c1. The van der Waals surface area contributed by atoms with E-state index < -0.39 is 11.4 Å². The molecule has 6 nitrogen and oxygen atoms in total. The molecule has 1 aromatic carbocycles. The second kappa shape index (κ2) is 7.38. The largest absolute Gasteiger partial charge is 0.384 e. The summed E-state index contributed by atoms with van der Waals surface area (Å²) in [7, 11) is 0. The van der Waals surface area contributed by atoms with Crippen molar-refractivity contribution in [2.45, 2.75) is 38.4 Å². The molecule has 7 heteroatoms. The van der Waals surface area contributed by atoms with Gasteiger partial charge in [-0.1, -0.05) is 25.0 Å². The van der Waals surface area contributed by atoms with E-state index in [1.165, 1.54) is 6.07 Å². The van der Waals surface area contributed by atoms with Crippen LogP contribution in [0.25, 0.3) is 11.1 Å². The Labute approximate surface area is 149 Å². The summed E-state index contributed by atoms with van der Waals surface area (Å²) in [6.07, 6.45) is 4.40. The van der Waals surface area contributed by atoms with Crippen molar-refractivity contribution in [1.82, 2.24) is 4.98 Å². The van der Waals surface area contributed by atoms with Gasteiger partial charge in [-0.25, -0.2) is 4.39 Å². The van der Waals surface area contributed by atoms with Gasteiger partial charge in [0.15, 0.2) is 0 Å². The lowest BCUT2D eigenvalue weighted by Gasteiger charge is -2.13. The Kier molecular flexibility index (Phi) is 5.01. The Bertz CT molecular complexity index is 979. The van der Waals surface area contributed by atoms with Crippen LogP contribution in [0.2, 0.25) is 0 Å². The van der Waals surface area contributed by atoms with Gasteiger partial charge in [0.25, 0.3) is 5.56 Å². The Morgan fingerprint density at radius 2 is 1.92 bits per heavy atom. The second-order valence-electron chi connectivity index (χ2n) is 6.24. The number of anilines is 1. The number of aromatic amines is 1. The van der Waals surface area contributed by atoms with Crippen molar-refractivity contribution in [3.8, 4) is 23.3 Å². The Balaban J connectivity index is 1.98. The quantitative estimate of drug-likeness (QED) is 0.877. The van der Waals surface area contributed by atoms with Gasteiger partial charge in [-0.15, -0.1) is 0 Å². The summed E-state index contributed by atoms with van der Waals surface area (Å²) in [5.41, 5.74) is 5.30. The number of hydrogen-bond acceptors (Lipinski definition) is 5. The van der Waals surface area contributed by atoms with Crippen molar-refractivity contribution in [3.63, 3.8) is 0 Å². The zero-order valence-electron chi connectivity index (χ0n) is 14.0. The van der Waals surface area contributed by atoms with E-state index in [2.05, 4.69) is 4.98 Å². The molecule has 0 saturated heterocycles. The van der Waals surface area contributed by atoms with Gasteiger partial charge in [-0.3, -0.25) is 4.79 Å². The van der Waals surface area contributed by atoms with Gasteiger partial charge in [0.2, 0.25) is 0 Å². The summed E-state index contributed by atoms with van der Waals surface area (Å²) in [4.78, 5) is 14.2. The number of nitrogens with zero attached hydrogens (tertiary/aromatic N) is 2. The van der Waals surface area contributed by atoms with E-state index in [9.17, 15) is 19.7 Å². The summed E-state index contributed by atoms with van der Waals surface area (Å²) in [6, 6.07) is 7.93. The zero-order valence-corrected chi connectivity index (χ0v) is 14.0. The fourth-order valence-corrected chi connectivity index (χ4v) is 3.21. The average Bonchev–Trinajstić information content (AvgIpc) is 3.13. The molecule has 26 heavy (non-hydrogen) atoms. The molecule has 3 N–H and O–H groups in total. The molecule has 0 atom stereocenters. The lowest BCUT2D eigenvalue weighted by Crippen LogP contribution is -2.16. The molecule has 1 saturated carbocycles. The van der Waals surface area contributed by atoms with Crippen LogP contribution in [0.5, 0.6) is 0 Å². The first-order chi connectivity index (χ1) is 12.5. The topological polar surface area (TPSA) is 116 Å². The number of nitriles is 2. The Hall–Kier alpha value is -3.16. The molecule has 3 rings (SSSR count). The number of halogens is 1. The van der Waals surface area contributed by atoms with Crippen molar-refractivity contribution < 1.29 is 9.13 Å². The second-order valence-corrected chi connectivity index (χ2v) is 6.24. The number of H-pyrrole nitrogens is 1. The first kappa shape index (κ1) is 17.7. The lowest BCUT2D eigenvalue weighted by atomic mass is 9.95. The molecule has 1 aliphatic carbocycles. The van der Waals surface area contributed by atoms with Gasteiger partial charge in [0, 0.05) is 11.1 Å². The smallest absolute Gasteiger partial charge is 0.268 e. The summed E-state index contributed by atoms with van der Waals surface area (Å²) in [5, 5.41) is 18.6. The molecular weight excluding hydrogens is 335 g/mol. The molecular formula is C19H17FN4O2. The molecule has 1 aliphatic rings. The number of hydrogen-bond donors (Lipinski definition) is 2. The van der Waals surface area contributed by atoms with E-state index in [4.69, 9.17) is 10.5 Å². The van der Waals surface area contributed by atoms with Crippen LogP contribution in [0, 0.1) is 28.5 Å². The summed E-state index contributed by atoms with van der Waals surface area (Å²) < 4.78 is 20.2. The van der Waals surface area contributed by atoms with Crippen LogP contribution in [0.3, 0.4) is 0 Å². The number of nitrogens with one attached hydrogen (secondary N) is 1. The molecule has 1 aromatic heterocycles. The first-order valence-electron chi connectivity index (χ1n) is 8.31. The van der Waals surface area contributed by atoms with Gasteiger partial charge >= 0.3 is 0 Å². The van der Waals surface area contributed by atoms with Crippen LogP contribution in [0.15, 0.2) is 23.0 Å². The summed E-state index contributed by atoms with van der Waals surface area (Å²) in [6.45, 7) is 0.157. The maximum Gasteiger partial charge on any atom is 0.268 e. The molecule has 0 spiro atoms. The van der Waals surface area contributed by atoms with Crippen LogP contribution >= 0.6 is 0 Å². The Morgan fingerprint density at radius 3 is 2.54 bits per heavy atom. The third kappa shape index (κ3) is 3.30. The normalized spacial score (nSPS) is 14.1. The third-order valence-corrected chi connectivity index (χ3v) is 4.59. The van der Waals surface area contributed by atoms with Crippen molar-refractivity contribution in [2.24, 2.45) is 0 Å². The minimum Gasteiger partial charge on any atom is -0.384 e. The van der Waals surface area contributed by atoms with Crippen LogP contribution in [0.1, 0.15) is 42.4 Å². The van der Waals surface area contributed by atoms with Crippen molar-refractivity contribution in [2.75, 3.05) is 5.73 Å². The fraction of sp³-hybridized carbons (Fsp3) is 0.316. The molecule has 1 fully saturated rings. The fourth-order valence-electron chi connectivity index (χ4n) is 3.21. The highest BCUT2D eigenvalue weighted by molar-refractivity contribution is 5.80. The number of nitrogen functional groups attached to an aromatic ring is 1. The van der Waals surface area contributed by atoms with Gasteiger partial charge in [0.1, 0.15) is 34.9 Å². The standard InChI is InChI=1S/C19H17FN4O2/c20-16-7-11(5-6-12(16)10-26-13-3-1-2-4-13)17-14(8-21)18(23)24-19(25)15(17)9-22/h5-7,13H,1-4,10H2,(H3,23,24,25). The first-order valence-corrected chi connectivity index (χ1v) is 8.31. The monoisotopic (exact) mass is 352 g/mol. The van der Waals surface area contributed by atoms with Crippen LogP contribution < -0.4 is 11.3 Å².